The van der Waals surface area contributed by atoms with Gasteiger partial charge >= 0.3 is 6.18 Å². The van der Waals surface area contributed by atoms with Gasteiger partial charge in [0.25, 0.3) is 0 Å². The summed E-state index contributed by atoms with van der Waals surface area (Å²) in [5.74, 6) is -0.556. The SMILES string of the molecule is Cn1c(SCc2sc3ccccc3c2Cl)nnc1C(F)(F)F. The van der Waals surface area contributed by atoms with E-state index in [1.807, 2.05) is 24.3 Å². The van der Waals surface area contributed by atoms with Crippen molar-refractivity contribution < 1.29 is 13.2 Å². The minimum Gasteiger partial charge on any atom is -0.302 e. The molecule has 2 heterocycles. The van der Waals surface area contributed by atoms with Crippen molar-refractivity contribution in [1.29, 1.82) is 0 Å². The molecule has 0 aliphatic heterocycles. The third kappa shape index (κ3) is 2.82. The Kier molecular flexibility index (Phi) is 4.09. The number of halogens is 4. The molecule has 0 aliphatic rings. The first-order valence-corrected chi connectivity index (χ1v) is 8.31. The average molecular weight is 364 g/mol. The fourth-order valence-electron chi connectivity index (χ4n) is 1.98. The largest absolute Gasteiger partial charge is 0.451 e. The zero-order chi connectivity index (χ0) is 15.9. The van der Waals surface area contributed by atoms with Crippen molar-refractivity contribution in [1.82, 2.24) is 14.8 Å². The molecule has 0 bridgehead atoms. The van der Waals surface area contributed by atoms with Crippen LogP contribution in [-0.4, -0.2) is 14.8 Å². The van der Waals surface area contributed by atoms with E-state index in [0.717, 1.165) is 19.5 Å². The summed E-state index contributed by atoms with van der Waals surface area (Å²) in [4.78, 5) is 0.907. The van der Waals surface area contributed by atoms with Gasteiger partial charge in [0, 0.05) is 27.8 Å². The summed E-state index contributed by atoms with van der Waals surface area (Å²) < 4.78 is 40.0. The molecule has 0 radical (unpaired) electrons. The van der Waals surface area contributed by atoms with Crippen LogP contribution < -0.4 is 0 Å². The summed E-state index contributed by atoms with van der Waals surface area (Å²) in [5, 5.41) is 8.61. The smallest absolute Gasteiger partial charge is 0.302 e. The van der Waals surface area contributed by atoms with Crippen molar-refractivity contribution in [2.75, 3.05) is 0 Å². The Balaban J connectivity index is 1.83. The predicted molar refractivity (Wildman–Crippen MR) is 82.4 cm³/mol. The monoisotopic (exact) mass is 363 g/mol. The molecule has 3 rings (SSSR count). The molecule has 1 aromatic carbocycles. The van der Waals surface area contributed by atoms with Crippen LogP contribution in [0.2, 0.25) is 5.02 Å². The fourth-order valence-corrected chi connectivity index (χ4v) is 4.55. The molecular weight excluding hydrogens is 355 g/mol. The molecule has 0 fully saturated rings. The quantitative estimate of drug-likeness (QED) is 0.614. The number of thiophene rings is 1. The van der Waals surface area contributed by atoms with Gasteiger partial charge < -0.3 is 4.57 Å². The van der Waals surface area contributed by atoms with Crippen molar-refractivity contribution in [3.05, 3.63) is 40.0 Å². The Bertz CT molecular complexity index is 826. The highest BCUT2D eigenvalue weighted by Crippen LogP contribution is 2.38. The average Bonchev–Trinajstić information content (AvgIpc) is 2.98. The minimum absolute atomic E-state index is 0.209. The number of thioether (sulfide) groups is 1. The second-order valence-electron chi connectivity index (χ2n) is 4.49. The van der Waals surface area contributed by atoms with Crippen LogP contribution in [0.5, 0.6) is 0 Å². The molecule has 0 N–H and O–H groups in total. The lowest BCUT2D eigenvalue weighted by atomic mass is 10.2. The first kappa shape index (κ1) is 15.6. The number of rotatable bonds is 3. The lowest BCUT2D eigenvalue weighted by Gasteiger charge is -2.05. The lowest BCUT2D eigenvalue weighted by molar-refractivity contribution is -0.147. The molecule has 22 heavy (non-hydrogen) atoms. The molecule has 0 unspecified atom stereocenters. The highest BCUT2D eigenvalue weighted by atomic mass is 35.5. The third-order valence-electron chi connectivity index (χ3n) is 3.02. The number of nitrogens with zero attached hydrogens (tertiary/aromatic N) is 3. The van der Waals surface area contributed by atoms with E-state index in [-0.39, 0.29) is 5.16 Å². The lowest BCUT2D eigenvalue weighted by Crippen LogP contribution is -2.12. The van der Waals surface area contributed by atoms with Gasteiger partial charge in [-0.1, -0.05) is 41.6 Å². The summed E-state index contributed by atoms with van der Waals surface area (Å²) in [5.41, 5.74) is 0. The molecule has 0 atom stereocenters. The number of hydrogen-bond acceptors (Lipinski definition) is 4. The van der Waals surface area contributed by atoms with E-state index in [0.29, 0.717) is 10.8 Å². The van der Waals surface area contributed by atoms with Crippen LogP contribution >= 0.6 is 34.7 Å². The van der Waals surface area contributed by atoms with Crippen molar-refractivity contribution in [2.45, 2.75) is 17.1 Å². The molecule has 116 valence electrons. The molecular formula is C13H9ClF3N3S2. The molecule has 0 saturated heterocycles. The van der Waals surface area contributed by atoms with Crippen molar-refractivity contribution in [3.63, 3.8) is 0 Å². The van der Waals surface area contributed by atoms with E-state index in [9.17, 15) is 13.2 Å². The summed E-state index contributed by atoms with van der Waals surface area (Å²) in [6, 6.07) is 7.71. The van der Waals surface area contributed by atoms with E-state index in [1.54, 1.807) is 0 Å². The third-order valence-corrected chi connectivity index (χ3v) is 5.97. The van der Waals surface area contributed by atoms with Gasteiger partial charge in [0.1, 0.15) is 0 Å². The van der Waals surface area contributed by atoms with E-state index >= 15 is 0 Å². The summed E-state index contributed by atoms with van der Waals surface area (Å²) in [6.07, 6.45) is -4.50. The highest BCUT2D eigenvalue weighted by Gasteiger charge is 2.37. The molecule has 3 aromatic rings. The van der Waals surface area contributed by atoms with Crippen molar-refractivity contribution in [3.8, 4) is 0 Å². The maximum absolute atomic E-state index is 12.7. The van der Waals surface area contributed by atoms with E-state index in [1.165, 1.54) is 30.1 Å². The van der Waals surface area contributed by atoms with E-state index in [2.05, 4.69) is 10.2 Å². The van der Waals surface area contributed by atoms with Crippen LogP contribution in [0.15, 0.2) is 29.4 Å². The van der Waals surface area contributed by atoms with Crippen molar-refractivity contribution >= 4 is 44.8 Å². The zero-order valence-electron chi connectivity index (χ0n) is 11.2. The maximum atomic E-state index is 12.7. The first-order valence-electron chi connectivity index (χ1n) is 6.13. The molecule has 0 amide bonds. The fraction of sp³-hybridized carbons (Fsp3) is 0.231. The van der Waals surface area contributed by atoms with Crippen LogP contribution in [0, 0.1) is 0 Å². The van der Waals surface area contributed by atoms with Gasteiger partial charge in [-0.25, -0.2) is 0 Å². The summed E-state index contributed by atoms with van der Waals surface area (Å²) in [6.45, 7) is 0. The summed E-state index contributed by atoms with van der Waals surface area (Å²) >= 11 is 9.03. The van der Waals surface area contributed by atoms with Gasteiger partial charge in [-0.15, -0.1) is 21.5 Å². The number of fused-ring (bicyclic) bond motifs is 1. The highest BCUT2D eigenvalue weighted by molar-refractivity contribution is 7.98. The van der Waals surface area contributed by atoms with Gasteiger partial charge in [-0.2, -0.15) is 13.2 Å². The van der Waals surface area contributed by atoms with Crippen LogP contribution in [0.1, 0.15) is 10.7 Å². The molecule has 3 nitrogen and oxygen atoms in total. The van der Waals surface area contributed by atoms with Gasteiger partial charge in [0.2, 0.25) is 5.82 Å². The molecule has 0 spiro atoms. The second-order valence-corrected chi connectivity index (χ2v) is 6.94. The topological polar surface area (TPSA) is 30.7 Å². The van der Waals surface area contributed by atoms with Crippen molar-refractivity contribution in [2.24, 2.45) is 7.05 Å². The zero-order valence-corrected chi connectivity index (χ0v) is 13.6. The van der Waals surface area contributed by atoms with E-state index in [4.69, 9.17) is 11.6 Å². The number of alkyl halides is 3. The van der Waals surface area contributed by atoms with Crippen LogP contribution in [0.4, 0.5) is 13.2 Å². The Morgan fingerprint density at radius 2 is 2.00 bits per heavy atom. The maximum Gasteiger partial charge on any atom is 0.451 e. The van der Waals surface area contributed by atoms with Gasteiger partial charge in [0.05, 0.1) is 5.02 Å². The molecule has 2 aromatic heterocycles. The second kappa shape index (κ2) is 5.75. The van der Waals surface area contributed by atoms with Crippen LogP contribution in [-0.2, 0) is 19.0 Å². The number of benzene rings is 1. The Morgan fingerprint density at radius 3 is 2.64 bits per heavy atom. The number of aromatic nitrogens is 3. The molecule has 9 heteroatoms. The molecule has 0 aliphatic carbocycles. The predicted octanol–water partition coefficient (Wildman–Crippen LogP) is 4.99. The Hall–Kier alpha value is -1.25. The Morgan fingerprint density at radius 1 is 1.27 bits per heavy atom. The van der Waals surface area contributed by atoms with Gasteiger partial charge in [-0.3, -0.25) is 0 Å². The van der Waals surface area contributed by atoms with Gasteiger partial charge in [-0.05, 0) is 6.07 Å². The van der Waals surface area contributed by atoms with Crippen LogP contribution in [0.25, 0.3) is 10.1 Å². The standard InChI is InChI=1S/C13H9ClF3N3S2/c1-20-11(13(15,16)17)18-19-12(20)21-6-9-10(14)7-4-2-3-5-8(7)22-9/h2-5H,6H2,1H3. The first-order chi connectivity index (χ1) is 10.4. The van der Waals surface area contributed by atoms with E-state index < -0.39 is 12.0 Å². The number of hydrogen-bond donors (Lipinski definition) is 0. The minimum atomic E-state index is -4.50. The molecule has 0 saturated carbocycles. The Labute approximate surface area is 137 Å². The summed E-state index contributed by atoms with van der Waals surface area (Å²) in [7, 11) is 1.30. The van der Waals surface area contributed by atoms with Gasteiger partial charge in [0.15, 0.2) is 5.16 Å². The normalized spacial score (nSPS) is 12.2. The van der Waals surface area contributed by atoms with Crippen LogP contribution in [0.3, 0.4) is 0 Å².